The van der Waals surface area contributed by atoms with Crippen molar-refractivity contribution in [3.63, 3.8) is 0 Å². The number of aryl methyl sites for hydroxylation is 1. The topological polar surface area (TPSA) is 118 Å². The Hall–Kier alpha value is -3.16. The van der Waals surface area contributed by atoms with Gasteiger partial charge in [0, 0.05) is 24.6 Å². The maximum absolute atomic E-state index is 12.8. The molecule has 8 nitrogen and oxygen atoms in total. The van der Waals surface area contributed by atoms with E-state index < -0.39 is 18.0 Å². The fourth-order valence-electron chi connectivity index (χ4n) is 3.41. The zero-order valence-electron chi connectivity index (χ0n) is 15.8. The Morgan fingerprint density at radius 1 is 1.25 bits per heavy atom. The minimum atomic E-state index is -0.599. The largest absolute Gasteiger partial charge is 0.457 e. The lowest BCUT2D eigenvalue weighted by molar-refractivity contribution is -0.119. The molecule has 1 aliphatic rings. The fourth-order valence-corrected chi connectivity index (χ4v) is 3.41. The average Bonchev–Trinajstić information content (AvgIpc) is 3.29. The second-order valence-corrected chi connectivity index (χ2v) is 6.98. The summed E-state index contributed by atoms with van der Waals surface area (Å²) >= 11 is 0. The summed E-state index contributed by atoms with van der Waals surface area (Å²) in [7, 11) is 0. The summed E-state index contributed by atoms with van der Waals surface area (Å²) < 4.78 is 5.60. The number of nitrogens with two attached hydrogens (primary N) is 1. The van der Waals surface area contributed by atoms with Gasteiger partial charge in [0.05, 0.1) is 12.1 Å². The third-order valence-corrected chi connectivity index (χ3v) is 4.77. The molecule has 148 valence electrons. The molecular formula is C20H24N4O4. The first kappa shape index (κ1) is 19.6. The number of nitrogens with one attached hydrogen (secondary N) is 1. The van der Waals surface area contributed by atoms with Crippen molar-refractivity contribution in [2.24, 2.45) is 11.7 Å². The van der Waals surface area contributed by atoms with Crippen LogP contribution in [0.1, 0.15) is 46.3 Å². The number of aromatic nitrogens is 2. The molecule has 1 fully saturated rings. The third-order valence-electron chi connectivity index (χ3n) is 4.77. The van der Waals surface area contributed by atoms with Crippen LogP contribution in [0.5, 0.6) is 0 Å². The lowest BCUT2D eigenvalue weighted by Gasteiger charge is -2.17. The number of esters is 1. The monoisotopic (exact) mass is 384 g/mol. The van der Waals surface area contributed by atoms with Crippen LogP contribution in [0.3, 0.4) is 0 Å². The number of rotatable bonds is 7. The molecule has 0 bridgehead atoms. The minimum absolute atomic E-state index is 0.0398. The number of nitrogens with zero attached hydrogens (tertiary/aromatic N) is 2. The first-order chi connectivity index (χ1) is 13.5. The highest BCUT2D eigenvalue weighted by Crippen LogP contribution is 2.25. The molecule has 28 heavy (non-hydrogen) atoms. The second kappa shape index (κ2) is 8.69. The number of H-pyrrole nitrogens is 1. The van der Waals surface area contributed by atoms with Gasteiger partial charge >= 0.3 is 5.97 Å². The maximum Gasteiger partial charge on any atom is 0.338 e. The van der Waals surface area contributed by atoms with Gasteiger partial charge in [-0.1, -0.05) is 31.5 Å². The Morgan fingerprint density at radius 2 is 2.00 bits per heavy atom. The van der Waals surface area contributed by atoms with Crippen molar-refractivity contribution < 1.29 is 19.1 Å². The van der Waals surface area contributed by atoms with E-state index in [-0.39, 0.29) is 31.3 Å². The molecule has 0 saturated carbocycles. The van der Waals surface area contributed by atoms with E-state index in [0.717, 1.165) is 18.5 Å². The maximum atomic E-state index is 12.8. The van der Waals surface area contributed by atoms with Crippen LogP contribution in [0.2, 0.25) is 0 Å². The van der Waals surface area contributed by atoms with Crippen LogP contribution >= 0.6 is 0 Å². The predicted molar refractivity (Wildman–Crippen MR) is 101 cm³/mol. The van der Waals surface area contributed by atoms with Gasteiger partial charge in [-0.15, -0.1) is 0 Å². The van der Waals surface area contributed by atoms with Gasteiger partial charge in [0.25, 0.3) is 5.91 Å². The molecule has 0 radical (unpaired) electrons. The number of ether oxygens (including phenoxy) is 1. The fraction of sp³-hybridized carbons (Fsp3) is 0.400. The zero-order valence-corrected chi connectivity index (χ0v) is 15.8. The summed E-state index contributed by atoms with van der Waals surface area (Å²) in [5.74, 6) is -1.58. The van der Waals surface area contributed by atoms with Crippen LogP contribution in [0.15, 0.2) is 36.4 Å². The van der Waals surface area contributed by atoms with Crippen molar-refractivity contribution in [1.29, 1.82) is 0 Å². The van der Waals surface area contributed by atoms with E-state index in [0.29, 0.717) is 11.3 Å². The lowest BCUT2D eigenvalue weighted by atomic mass is 10.0. The highest BCUT2D eigenvalue weighted by Gasteiger charge is 2.39. The standard InChI is InChI=1S/C20H24N4O4/c1-2-6-15-10-16(23-22-15)19(26)24-11-14(9-18(21)25)17(12-24)28-20(27)13-7-4-3-5-8-13/h3-5,7-8,10,14,17H,2,6,9,11-12H2,1H3,(H2,21,25)(H,22,23)/t14-,17+/m0/s1. The molecule has 2 aromatic rings. The highest BCUT2D eigenvalue weighted by molar-refractivity contribution is 5.93. The quantitative estimate of drug-likeness (QED) is 0.702. The van der Waals surface area contributed by atoms with Gasteiger partial charge in [-0.2, -0.15) is 5.10 Å². The molecule has 3 rings (SSSR count). The Labute approximate surface area is 163 Å². The predicted octanol–water partition coefficient (Wildman–Crippen LogP) is 1.54. The molecule has 3 N–H and O–H groups in total. The Morgan fingerprint density at radius 3 is 2.68 bits per heavy atom. The normalized spacial score (nSPS) is 18.8. The average molecular weight is 384 g/mol. The van der Waals surface area contributed by atoms with E-state index in [2.05, 4.69) is 10.2 Å². The number of primary amides is 1. The number of carbonyl (C=O) groups is 3. The Balaban J connectivity index is 1.71. The van der Waals surface area contributed by atoms with Gasteiger partial charge in [0.15, 0.2) is 0 Å². The first-order valence-corrected chi connectivity index (χ1v) is 9.35. The Bertz CT molecular complexity index is 849. The van der Waals surface area contributed by atoms with E-state index in [9.17, 15) is 14.4 Å². The van der Waals surface area contributed by atoms with Crippen molar-refractivity contribution in [1.82, 2.24) is 15.1 Å². The van der Waals surface area contributed by atoms with E-state index in [1.165, 1.54) is 0 Å². The van der Waals surface area contributed by atoms with Crippen LogP contribution in [-0.2, 0) is 16.0 Å². The van der Waals surface area contributed by atoms with Crippen LogP contribution in [0.25, 0.3) is 0 Å². The Kier molecular flexibility index (Phi) is 6.08. The van der Waals surface area contributed by atoms with E-state index in [1.807, 2.05) is 6.92 Å². The van der Waals surface area contributed by atoms with Gasteiger partial charge in [-0.3, -0.25) is 14.7 Å². The number of hydrogen-bond donors (Lipinski definition) is 2. The smallest absolute Gasteiger partial charge is 0.338 e. The highest BCUT2D eigenvalue weighted by atomic mass is 16.5. The lowest BCUT2D eigenvalue weighted by Crippen LogP contribution is -2.31. The molecule has 2 amide bonds. The summed E-state index contributed by atoms with van der Waals surface area (Å²) in [4.78, 5) is 38.2. The van der Waals surface area contributed by atoms with Crippen LogP contribution in [-0.4, -0.2) is 52.1 Å². The summed E-state index contributed by atoms with van der Waals surface area (Å²) in [5, 5.41) is 6.95. The first-order valence-electron chi connectivity index (χ1n) is 9.35. The molecule has 1 saturated heterocycles. The van der Waals surface area contributed by atoms with Crippen LogP contribution in [0, 0.1) is 5.92 Å². The van der Waals surface area contributed by atoms with Gasteiger partial charge in [-0.25, -0.2) is 4.79 Å². The van der Waals surface area contributed by atoms with Gasteiger partial charge in [-0.05, 0) is 24.6 Å². The van der Waals surface area contributed by atoms with Crippen molar-refractivity contribution in [2.75, 3.05) is 13.1 Å². The van der Waals surface area contributed by atoms with Crippen molar-refractivity contribution in [3.8, 4) is 0 Å². The molecule has 2 atom stereocenters. The molecular weight excluding hydrogens is 360 g/mol. The van der Waals surface area contributed by atoms with Crippen LogP contribution < -0.4 is 5.73 Å². The van der Waals surface area contributed by atoms with Gasteiger partial charge in [0.2, 0.25) is 5.91 Å². The SMILES string of the molecule is CCCc1cc(C(=O)N2C[C@H](CC(N)=O)[C@H](OC(=O)c3ccccc3)C2)n[nH]1. The molecule has 8 heteroatoms. The molecule has 0 unspecified atom stereocenters. The zero-order chi connectivity index (χ0) is 20.1. The molecule has 1 aromatic carbocycles. The van der Waals surface area contributed by atoms with Crippen LogP contribution in [0.4, 0.5) is 0 Å². The molecule has 0 spiro atoms. The van der Waals surface area contributed by atoms with Crippen molar-refractivity contribution >= 4 is 17.8 Å². The van der Waals surface area contributed by atoms with Gasteiger partial charge < -0.3 is 15.4 Å². The van der Waals surface area contributed by atoms with Crippen molar-refractivity contribution in [2.45, 2.75) is 32.3 Å². The minimum Gasteiger partial charge on any atom is -0.457 e. The molecule has 1 aromatic heterocycles. The summed E-state index contributed by atoms with van der Waals surface area (Å²) in [6, 6.07) is 10.3. The third kappa shape index (κ3) is 4.57. The molecule has 2 heterocycles. The van der Waals surface area contributed by atoms with E-state index in [1.54, 1.807) is 41.3 Å². The molecule has 1 aliphatic heterocycles. The van der Waals surface area contributed by atoms with E-state index in [4.69, 9.17) is 10.5 Å². The summed E-state index contributed by atoms with van der Waals surface area (Å²) in [6.07, 6.45) is 1.19. The van der Waals surface area contributed by atoms with E-state index >= 15 is 0 Å². The number of hydrogen-bond acceptors (Lipinski definition) is 5. The number of benzene rings is 1. The number of carbonyl (C=O) groups excluding carboxylic acids is 3. The number of amides is 2. The second-order valence-electron chi connectivity index (χ2n) is 6.98. The molecule has 0 aliphatic carbocycles. The summed E-state index contributed by atoms with van der Waals surface area (Å²) in [5.41, 5.74) is 6.97. The van der Waals surface area contributed by atoms with Gasteiger partial charge in [0.1, 0.15) is 11.8 Å². The summed E-state index contributed by atoms with van der Waals surface area (Å²) in [6.45, 7) is 2.53. The number of aromatic amines is 1. The number of likely N-dealkylation sites (tertiary alicyclic amines) is 1. The van der Waals surface area contributed by atoms with Crippen molar-refractivity contribution in [3.05, 3.63) is 53.3 Å².